The van der Waals surface area contributed by atoms with Crippen molar-refractivity contribution in [2.24, 2.45) is 5.73 Å². The Morgan fingerprint density at radius 3 is 2.80 bits per heavy atom. The smallest absolute Gasteiger partial charge is 0.243 e. The van der Waals surface area contributed by atoms with Gasteiger partial charge in [-0.1, -0.05) is 17.3 Å². The van der Waals surface area contributed by atoms with Gasteiger partial charge in [0.2, 0.25) is 5.89 Å². The van der Waals surface area contributed by atoms with Crippen molar-refractivity contribution in [1.82, 2.24) is 10.1 Å². The lowest BCUT2D eigenvalue weighted by Crippen LogP contribution is -2.13. The van der Waals surface area contributed by atoms with Crippen LogP contribution in [0.4, 0.5) is 0 Å². The average molecular weight is 277 g/mol. The first-order valence-electron chi connectivity index (χ1n) is 6.54. The number of phenols is 1. The lowest BCUT2D eigenvalue weighted by molar-refractivity contribution is 0.194. The van der Waals surface area contributed by atoms with Crippen LogP contribution in [0.5, 0.6) is 5.75 Å². The first kappa shape index (κ1) is 14.5. The normalized spacial score (nSPS) is 12.5. The molecule has 0 amide bonds. The van der Waals surface area contributed by atoms with E-state index in [1.54, 1.807) is 19.2 Å². The number of aromatic nitrogens is 2. The predicted molar refractivity (Wildman–Crippen MR) is 73.2 cm³/mol. The Labute approximate surface area is 117 Å². The zero-order valence-electron chi connectivity index (χ0n) is 11.5. The maximum absolute atomic E-state index is 9.23. The Morgan fingerprint density at radius 1 is 1.35 bits per heavy atom. The van der Waals surface area contributed by atoms with Gasteiger partial charge >= 0.3 is 0 Å². The minimum atomic E-state index is -0.344. The molecule has 0 radical (unpaired) electrons. The lowest BCUT2D eigenvalue weighted by atomic mass is 10.1. The fourth-order valence-corrected chi connectivity index (χ4v) is 1.87. The molecule has 1 aromatic heterocycles. The molecule has 0 fully saturated rings. The Morgan fingerprint density at radius 2 is 2.10 bits per heavy atom. The van der Waals surface area contributed by atoms with E-state index in [-0.39, 0.29) is 11.8 Å². The van der Waals surface area contributed by atoms with Gasteiger partial charge < -0.3 is 20.1 Å². The summed E-state index contributed by atoms with van der Waals surface area (Å²) in [6, 6.07) is 6.57. The van der Waals surface area contributed by atoms with Gasteiger partial charge in [0.15, 0.2) is 5.82 Å². The third-order valence-corrected chi connectivity index (χ3v) is 2.94. The number of aromatic hydroxyl groups is 1. The second-order valence-corrected chi connectivity index (χ2v) is 4.62. The molecule has 0 aliphatic heterocycles. The number of ether oxygens (including phenoxy) is 1. The minimum Gasteiger partial charge on any atom is -0.508 e. The van der Waals surface area contributed by atoms with E-state index in [0.717, 1.165) is 12.0 Å². The van der Waals surface area contributed by atoms with Gasteiger partial charge in [0.05, 0.1) is 6.04 Å². The van der Waals surface area contributed by atoms with Gasteiger partial charge in [0.25, 0.3) is 0 Å². The highest BCUT2D eigenvalue weighted by Crippen LogP contribution is 2.17. The summed E-state index contributed by atoms with van der Waals surface area (Å²) >= 11 is 0. The number of hydrogen-bond donors (Lipinski definition) is 2. The van der Waals surface area contributed by atoms with Crippen LogP contribution in [0.15, 0.2) is 28.8 Å². The van der Waals surface area contributed by atoms with Crippen molar-refractivity contribution >= 4 is 0 Å². The molecule has 2 aromatic rings. The third kappa shape index (κ3) is 4.04. The number of benzene rings is 1. The van der Waals surface area contributed by atoms with Gasteiger partial charge in [-0.25, -0.2) is 0 Å². The van der Waals surface area contributed by atoms with Crippen LogP contribution >= 0.6 is 0 Å². The van der Waals surface area contributed by atoms with E-state index in [4.69, 9.17) is 15.0 Å². The average Bonchev–Trinajstić information content (AvgIpc) is 2.91. The van der Waals surface area contributed by atoms with Crippen molar-refractivity contribution in [3.8, 4) is 5.75 Å². The minimum absolute atomic E-state index is 0.237. The van der Waals surface area contributed by atoms with E-state index in [1.807, 2.05) is 12.1 Å². The summed E-state index contributed by atoms with van der Waals surface area (Å²) in [6.45, 7) is 0.670. The van der Waals surface area contributed by atoms with E-state index in [9.17, 15) is 5.11 Å². The highest BCUT2D eigenvalue weighted by molar-refractivity contribution is 5.26. The summed E-state index contributed by atoms with van der Waals surface area (Å²) in [7, 11) is 1.66. The van der Waals surface area contributed by atoms with Crippen LogP contribution in [-0.4, -0.2) is 29.0 Å². The van der Waals surface area contributed by atoms with Crippen molar-refractivity contribution in [3.63, 3.8) is 0 Å². The predicted octanol–water partition coefficient (Wildman–Crippen LogP) is 1.60. The fourth-order valence-electron chi connectivity index (χ4n) is 1.87. The fraction of sp³-hybridized carbons (Fsp3) is 0.429. The van der Waals surface area contributed by atoms with Crippen molar-refractivity contribution in [2.75, 3.05) is 13.7 Å². The van der Waals surface area contributed by atoms with E-state index < -0.39 is 0 Å². The van der Waals surface area contributed by atoms with Crippen LogP contribution in [0.3, 0.4) is 0 Å². The number of nitrogens with zero attached hydrogens (tertiary/aromatic N) is 2. The molecule has 108 valence electrons. The van der Waals surface area contributed by atoms with Crippen LogP contribution in [0.2, 0.25) is 0 Å². The molecule has 1 heterocycles. The van der Waals surface area contributed by atoms with Crippen LogP contribution in [0.1, 0.15) is 29.7 Å². The summed E-state index contributed by atoms with van der Waals surface area (Å²) in [6.07, 6.45) is 2.14. The zero-order valence-corrected chi connectivity index (χ0v) is 11.5. The second-order valence-electron chi connectivity index (χ2n) is 4.62. The van der Waals surface area contributed by atoms with Gasteiger partial charge in [-0.2, -0.15) is 4.98 Å². The number of nitrogens with two attached hydrogens (primary N) is 1. The van der Waals surface area contributed by atoms with Crippen molar-refractivity contribution in [3.05, 3.63) is 41.5 Å². The maximum atomic E-state index is 9.23. The van der Waals surface area contributed by atoms with Crippen molar-refractivity contribution in [2.45, 2.75) is 25.3 Å². The largest absolute Gasteiger partial charge is 0.508 e. The Hall–Kier alpha value is -1.92. The SMILES string of the molecule is COCCCc1noc([C@@H](N)Cc2ccc(O)cc2)n1. The van der Waals surface area contributed by atoms with Crippen LogP contribution < -0.4 is 5.73 Å². The molecule has 3 N–H and O–H groups in total. The molecule has 1 aromatic carbocycles. The van der Waals surface area contributed by atoms with Gasteiger partial charge in [-0.3, -0.25) is 0 Å². The van der Waals surface area contributed by atoms with Crippen LogP contribution in [0, 0.1) is 0 Å². The Bertz CT molecular complexity index is 525. The maximum Gasteiger partial charge on any atom is 0.243 e. The highest BCUT2D eigenvalue weighted by atomic mass is 16.5. The molecular weight excluding hydrogens is 258 g/mol. The number of aryl methyl sites for hydroxylation is 1. The Kier molecular flexibility index (Phi) is 5.09. The monoisotopic (exact) mass is 277 g/mol. The summed E-state index contributed by atoms with van der Waals surface area (Å²) < 4.78 is 10.2. The van der Waals surface area contributed by atoms with Crippen LogP contribution in [0.25, 0.3) is 0 Å². The summed E-state index contributed by atoms with van der Waals surface area (Å²) in [5, 5.41) is 13.1. The van der Waals surface area contributed by atoms with Gasteiger partial charge in [-0.05, 0) is 30.5 Å². The quantitative estimate of drug-likeness (QED) is 0.746. The summed E-state index contributed by atoms with van der Waals surface area (Å²) in [5.41, 5.74) is 7.06. The topological polar surface area (TPSA) is 94.4 Å². The molecule has 20 heavy (non-hydrogen) atoms. The van der Waals surface area contributed by atoms with Crippen LogP contribution in [-0.2, 0) is 17.6 Å². The molecule has 6 nitrogen and oxygen atoms in total. The number of hydrogen-bond acceptors (Lipinski definition) is 6. The van der Waals surface area contributed by atoms with Gasteiger partial charge in [0.1, 0.15) is 5.75 Å². The molecule has 0 aliphatic carbocycles. The van der Waals surface area contributed by atoms with E-state index in [0.29, 0.717) is 31.2 Å². The van der Waals surface area contributed by atoms with Gasteiger partial charge in [-0.15, -0.1) is 0 Å². The molecule has 0 unspecified atom stereocenters. The standard InChI is InChI=1S/C14H19N3O3/c1-19-8-2-3-13-16-14(20-17-13)12(15)9-10-4-6-11(18)7-5-10/h4-7,12,18H,2-3,8-9,15H2,1H3/t12-/m0/s1. The molecule has 0 aliphatic rings. The summed E-state index contributed by atoms with van der Waals surface area (Å²) in [5.74, 6) is 1.32. The van der Waals surface area contributed by atoms with Gasteiger partial charge in [0, 0.05) is 20.1 Å². The van der Waals surface area contributed by atoms with Crippen molar-refractivity contribution < 1.29 is 14.4 Å². The third-order valence-electron chi connectivity index (χ3n) is 2.94. The highest BCUT2D eigenvalue weighted by Gasteiger charge is 2.15. The Balaban J connectivity index is 1.91. The molecular formula is C14H19N3O3. The summed E-state index contributed by atoms with van der Waals surface area (Å²) in [4.78, 5) is 4.29. The first-order chi connectivity index (χ1) is 9.69. The van der Waals surface area contributed by atoms with E-state index in [1.165, 1.54) is 0 Å². The molecule has 1 atom stereocenters. The molecule has 2 rings (SSSR count). The molecule has 0 saturated carbocycles. The molecule has 0 bridgehead atoms. The zero-order chi connectivity index (χ0) is 14.4. The molecule has 0 spiro atoms. The van der Waals surface area contributed by atoms with Crippen molar-refractivity contribution in [1.29, 1.82) is 0 Å². The second kappa shape index (κ2) is 7.02. The molecule has 6 heteroatoms. The molecule has 0 saturated heterocycles. The first-order valence-corrected chi connectivity index (χ1v) is 6.54. The number of phenolic OH excluding ortho intramolecular Hbond substituents is 1. The lowest BCUT2D eigenvalue weighted by Gasteiger charge is -2.06. The number of methoxy groups -OCH3 is 1. The van der Waals surface area contributed by atoms with E-state index in [2.05, 4.69) is 10.1 Å². The van der Waals surface area contributed by atoms with E-state index >= 15 is 0 Å². The number of rotatable bonds is 7.